The lowest BCUT2D eigenvalue weighted by atomic mass is 10.1. The van der Waals surface area contributed by atoms with Crippen molar-refractivity contribution < 1.29 is 4.92 Å². The van der Waals surface area contributed by atoms with E-state index < -0.39 is 0 Å². The van der Waals surface area contributed by atoms with Crippen LogP contribution in [-0.2, 0) is 0 Å². The molecule has 0 aliphatic carbocycles. The number of hydrogen-bond acceptors (Lipinski definition) is 4. The second-order valence-electron chi connectivity index (χ2n) is 5.03. The Bertz CT molecular complexity index is 448. The van der Waals surface area contributed by atoms with Gasteiger partial charge in [-0.3, -0.25) is 10.1 Å². The largest absolute Gasteiger partial charge is 0.379 e. The molecule has 1 fully saturated rings. The van der Waals surface area contributed by atoms with Gasteiger partial charge in [-0.25, -0.2) is 0 Å². The highest BCUT2D eigenvalue weighted by Crippen LogP contribution is 2.28. The summed E-state index contributed by atoms with van der Waals surface area (Å²) in [7, 11) is 2.11. The van der Waals surface area contributed by atoms with Crippen LogP contribution in [0.15, 0.2) is 18.2 Å². The van der Waals surface area contributed by atoms with Gasteiger partial charge in [-0.15, -0.1) is 0 Å². The molecule has 0 amide bonds. The summed E-state index contributed by atoms with van der Waals surface area (Å²) in [5.74, 6) is 0.579. The number of nitrogens with zero attached hydrogens (tertiary/aromatic N) is 2. The highest BCUT2D eigenvalue weighted by atomic mass is 16.6. The van der Waals surface area contributed by atoms with Gasteiger partial charge in [0.25, 0.3) is 5.69 Å². The van der Waals surface area contributed by atoms with E-state index in [0.717, 1.165) is 26.1 Å². The summed E-state index contributed by atoms with van der Waals surface area (Å²) in [5.41, 5.74) is 1.53. The minimum atomic E-state index is -0.307. The molecule has 1 aliphatic heterocycles. The first-order chi connectivity index (χ1) is 8.58. The van der Waals surface area contributed by atoms with E-state index in [4.69, 9.17) is 0 Å². The van der Waals surface area contributed by atoms with Crippen LogP contribution in [-0.4, -0.2) is 36.5 Å². The van der Waals surface area contributed by atoms with E-state index >= 15 is 0 Å². The topological polar surface area (TPSA) is 58.4 Å². The predicted molar refractivity (Wildman–Crippen MR) is 71.9 cm³/mol. The van der Waals surface area contributed by atoms with Crippen LogP contribution in [0.2, 0.25) is 0 Å². The Morgan fingerprint density at radius 2 is 2.33 bits per heavy atom. The molecule has 1 atom stereocenters. The fourth-order valence-corrected chi connectivity index (χ4v) is 2.49. The molecule has 1 aliphatic rings. The number of nitro groups is 1. The number of anilines is 1. The van der Waals surface area contributed by atoms with E-state index in [9.17, 15) is 10.1 Å². The number of likely N-dealkylation sites (tertiary alicyclic amines) is 1. The molecule has 1 saturated heterocycles. The summed E-state index contributed by atoms with van der Waals surface area (Å²) >= 11 is 0. The number of benzene rings is 1. The molecule has 1 N–H and O–H groups in total. The average molecular weight is 249 g/mol. The van der Waals surface area contributed by atoms with Crippen LogP contribution in [0.25, 0.3) is 0 Å². The number of nitrogens with one attached hydrogen (secondary N) is 1. The predicted octanol–water partition coefficient (Wildman–Crippen LogP) is 2.27. The maximum Gasteiger partial charge on any atom is 0.295 e. The van der Waals surface area contributed by atoms with Gasteiger partial charge >= 0.3 is 0 Å². The van der Waals surface area contributed by atoms with E-state index in [1.807, 2.05) is 6.07 Å². The molecule has 1 unspecified atom stereocenters. The van der Waals surface area contributed by atoms with E-state index in [-0.39, 0.29) is 10.6 Å². The Balaban J connectivity index is 2.05. The molecular weight excluding hydrogens is 230 g/mol. The van der Waals surface area contributed by atoms with Crippen molar-refractivity contribution in [1.29, 1.82) is 0 Å². The molecule has 2 rings (SSSR count). The first kappa shape index (κ1) is 12.8. The molecular formula is C13H19N3O2. The van der Waals surface area contributed by atoms with Gasteiger partial charge in [0, 0.05) is 18.7 Å². The van der Waals surface area contributed by atoms with Crippen LogP contribution in [0.3, 0.4) is 0 Å². The van der Waals surface area contributed by atoms with Crippen molar-refractivity contribution in [3.05, 3.63) is 33.9 Å². The Kier molecular flexibility index (Phi) is 3.81. The van der Waals surface area contributed by atoms with Crippen molar-refractivity contribution in [3.63, 3.8) is 0 Å². The molecule has 1 heterocycles. The number of para-hydroxylation sites is 1. The lowest BCUT2D eigenvalue weighted by Gasteiger charge is -2.13. The molecule has 0 radical (unpaired) electrons. The van der Waals surface area contributed by atoms with Crippen molar-refractivity contribution in [3.8, 4) is 0 Å². The molecule has 0 spiro atoms. The summed E-state index contributed by atoms with van der Waals surface area (Å²) in [4.78, 5) is 13.0. The first-order valence-corrected chi connectivity index (χ1v) is 6.24. The van der Waals surface area contributed by atoms with E-state index in [2.05, 4.69) is 17.3 Å². The van der Waals surface area contributed by atoms with Gasteiger partial charge < -0.3 is 10.2 Å². The summed E-state index contributed by atoms with van der Waals surface area (Å²) in [6, 6.07) is 5.40. The minimum Gasteiger partial charge on any atom is -0.379 e. The number of hydrogen-bond donors (Lipinski definition) is 1. The Labute approximate surface area is 107 Å². The number of rotatable bonds is 4. The quantitative estimate of drug-likeness (QED) is 0.657. The van der Waals surface area contributed by atoms with Crippen LogP contribution in [0.1, 0.15) is 12.0 Å². The van der Waals surface area contributed by atoms with Crippen LogP contribution in [0, 0.1) is 23.0 Å². The zero-order valence-electron chi connectivity index (χ0n) is 10.8. The van der Waals surface area contributed by atoms with Gasteiger partial charge in [0.05, 0.1) is 4.92 Å². The zero-order chi connectivity index (χ0) is 13.1. The molecule has 5 nitrogen and oxygen atoms in total. The van der Waals surface area contributed by atoms with Gasteiger partial charge in [0.1, 0.15) is 5.69 Å². The zero-order valence-corrected chi connectivity index (χ0v) is 10.8. The molecule has 1 aromatic carbocycles. The summed E-state index contributed by atoms with van der Waals surface area (Å²) in [6.45, 7) is 4.75. The third-order valence-electron chi connectivity index (χ3n) is 3.49. The fourth-order valence-electron chi connectivity index (χ4n) is 2.49. The molecule has 0 saturated carbocycles. The monoisotopic (exact) mass is 249 g/mol. The third-order valence-corrected chi connectivity index (χ3v) is 3.49. The van der Waals surface area contributed by atoms with Crippen molar-refractivity contribution >= 4 is 11.4 Å². The standard InChI is InChI=1S/C13H19N3O2/c1-10-4-3-5-12(13(10)16(17)18)14-8-11-6-7-15(2)9-11/h3-5,11,14H,6-9H2,1-2H3. The Morgan fingerprint density at radius 3 is 2.94 bits per heavy atom. The lowest BCUT2D eigenvalue weighted by Crippen LogP contribution is -2.19. The smallest absolute Gasteiger partial charge is 0.295 e. The normalized spacial score (nSPS) is 20.0. The Morgan fingerprint density at radius 1 is 1.56 bits per heavy atom. The summed E-state index contributed by atoms with van der Waals surface area (Å²) in [6.07, 6.45) is 1.16. The van der Waals surface area contributed by atoms with Gasteiger partial charge in [-0.05, 0) is 38.9 Å². The van der Waals surface area contributed by atoms with Gasteiger partial charge in [0.2, 0.25) is 0 Å². The second-order valence-corrected chi connectivity index (χ2v) is 5.03. The number of aryl methyl sites for hydroxylation is 1. The highest BCUT2D eigenvalue weighted by molar-refractivity contribution is 5.64. The van der Waals surface area contributed by atoms with Crippen LogP contribution in [0.4, 0.5) is 11.4 Å². The van der Waals surface area contributed by atoms with Crippen molar-refractivity contribution in [2.24, 2.45) is 5.92 Å². The molecule has 18 heavy (non-hydrogen) atoms. The van der Waals surface area contributed by atoms with E-state index in [0.29, 0.717) is 17.2 Å². The fraction of sp³-hybridized carbons (Fsp3) is 0.538. The molecule has 0 bridgehead atoms. The van der Waals surface area contributed by atoms with Crippen LogP contribution < -0.4 is 5.32 Å². The average Bonchev–Trinajstić information content (AvgIpc) is 2.72. The third kappa shape index (κ3) is 2.79. The molecule has 1 aromatic rings. The lowest BCUT2D eigenvalue weighted by molar-refractivity contribution is -0.384. The molecule has 98 valence electrons. The summed E-state index contributed by atoms with van der Waals surface area (Å²) < 4.78 is 0. The SMILES string of the molecule is Cc1cccc(NCC2CCN(C)C2)c1[N+](=O)[O-]. The Hall–Kier alpha value is -1.62. The van der Waals surface area contributed by atoms with Crippen molar-refractivity contribution in [2.75, 3.05) is 32.0 Å². The molecule has 5 heteroatoms. The maximum atomic E-state index is 11.0. The first-order valence-electron chi connectivity index (χ1n) is 6.24. The molecule has 0 aromatic heterocycles. The van der Waals surface area contributed by atoms with Crippen molar-refractivity contribution in [1.82, 2.24) is 4.90 Å². The van der Waals surface area contributed by atoms with Crippen LogP contribution in [0.5, 0.6) is 0 Å². The minimum absolute atomic E-state index is 0.198. The highest BCUT2D eigenvalue weighted by Gasteiger charge is 2.21. The van der Waals surface area contributed by atoms with Gasteiger partial charge in [-0.1, -0.05) is 12.1 Å². The van der Waals surface area contributed by atoms with Crippen molar-refractivity contribution in [2.45, 2.75) is 13.3 Å². The van der Waals surface area contributed by atoms with Crippen LogP contribution >= 0.6 is 0 Å². The second kappa shape index (κ2) is 5.35. The maximum absolute atomic E-state index is 11.0. The van der Waals surface area contributed by atoms with E-state index in [1.54, 1.807) is 19.1 Å². The summed E-state index contributed by atoms with van der Waals surface area (Å²) in [5, 5.41) is 14.3. The van der Waals surface area contributed by atoms with Gasteiger partial charge in [0.15, 0.2) is 0 Å². The van der Waals surface area contributed by atoms with Gasteiger partial charge in [-0.2, -0.15) is 0 Å². The number of nitro benzene ring substituents is 1. The van der Waals surface area contributed by atoms with E-state index in [1.165, 1.54) is 0 Å².